The first-order valence-electron chi connectivity index (χ1n) is 41.2. The third kappa shape index (κ3) is 71.1. The van der Waals surface area contributed by atoms with Crippen molar-refractivity contribution >= 4 is 39.5 Å². The predicted octanol–water partition coefficient (Wildman–Crippen LogP) is 23.6. The maximum Gasteiger partial charge on any atom is 0.472 e. The van der Waals surface area contributed by atoms with Gasteiger partial charge in [-0.05, 0) is 31.6 Å². The van der Waals surface area contributed by atoms with Gasteiger partial charge >= 0.3 is 39.5 Å². The lowest BCUT2D eigenvalue weighted by Crippen LogP contribution is -2.30. The minimum atomic E-state index is -4.96. The van der Waals surface area contributed by atoms with Crippen molar-refractivity contribution in [2.75, 3.05) is 39.6 Å². The molecule has 0 rings (SSSR count). The second-order valence-electron chi connectivity index (χ2n) is 28.7. The minimum Gasteiger partial charge on any atom is -0.462 e. The average molecular weight is 1440 g/mol. The fourth-order valence-corrected chi connectivity index (χ4v) is 13.8. The van der Waals surface area contributed by atoms with Crippen LogP contribution in [0.5, 0.6) is 0 Å². The van der Waals surface area contributed by atoms with Crippen LogP contribution in [0.4, 0.5) is 0 Å². The van der Waals surface area contributed by atoms with Gasteiger partial charge < -0.3 is 33.8 Å². The lowest BCUT2D eigenvalue weighted by molar-refractivity contribution is -0.161. The largest absolute Gasteiger partial charge is 0.472 e. The van der Waals surface area contributed by atoms with Crippen LogP contribution in [-0.2, 0) is 65.4 Å². The summed E-state index contributed by atoms with van der Waals surface area (Å²) in [5, 5.41) is 10.6. The number of phosphoric acid groups is 2. The van der Waals surface area contributed by atoms with Gasteiger partial charge in [-0.3, -0.25) is 37.3 Å². The van der Waals surface area contributed by atoms with Gasteiger partial charge in [-0.1, -0.05) is 369 Å². The van der Waals surface area contributed by atoms with Gasteiger partial charge in [-0.15, -0.1) is 0 Å². The molecule has 0 saturated carbocycles. The first kappa shape index (κ1) is 96.1. The molecule has 0 radical (unpaired) electrons. The fourth-order valence-electron chi connectivity index (χ4n) is 12.2. The highest BCUT2D eigenvalue weighted by atomic mass is 31.2. The highest BCUT2D eigenvalue weighted by Crippen LogP contribution is 2.45. The molecule has 0 saturated heterocycles. The second-order valence-corrected chi connectivity index (χ2v) is 31.6. The minimum absolute atomic E-state index is 0.107. The average Bonchev–Trinajstić information content (AvgIpc) is 1.04. The number of phosphoric ester groups is 2. The van der Waals surface area contributed by atoms with Gasteiger partial charge in [-0.2, -0.15) is 0 Å². The van der Waals surface area contributed by atoms with Crippen molar-refractivity contribution in [3.63, 3.8) is 0 Å². The molecule has 0 aliphatic heterocycles. The Balaban J connectivity index is 5.23. The Morgan fingerprint density at radius 3 is 0.724 bits per heavy atom. The number of carbonyl (C=O) groups excluding carboxylic acids is 4. The molecule has 0 fully saturated rings. The Hall–Kier alpha value is -1.94. The standard InChI is InChI=1S/C79H154O17P2/c1-6-10-13-16-19-22-24-26-28-30-32-34-36-38-44-49-54-59-64-78(83)95-75(69-90-77(82)63-58-53-48-43-37-35-33-31-29-27-25-23-20-17-14-11-7-2)71-94-98(87,88)92-67-73(80)66-91-97(85,86)93-70-74(68-89-76(81)62-57-52-47-41-21-18-15-12-8-3)96-79(84)65-60-55-50-45-40-39-42-46-51-56-61-72(5)9-4/h72-75,80H,6-71H2,1-5H3,(H,85,86)(H,87,88)/t72?,73-,74+,75+/m0/s1. The number of ether oxygens (including phenoxy) is 4. The fraction of sp³-hybridized carbons (Fsp3) is 0.949. The lowest BCUT2D eigenvalue weighted by atomic mass is 9.99. The van der Waals surface area contributed by atoms with E-state index in [0.29, 0.717) is 25.7 Å². The summed E-state index contributed by atoms with van der Waals surface area (Å²) in [5.41, 5.74) is 0. The third-order valence-corrected chi connectivity index (χ3v) is 20.8. The van der Waals surface area contributed by atoms with Crippen molar-refractivity contribution < 1.29 is 80.2 Å². The zero-order valence-electron chi connectivity index (χ0n) is 63.9. The van der Waals surface area contributed by atoms with E-state index < -0.39 is 97.5 Å². The van der Waals surface area contributed by atoms with Gasteiger partial charge in [0.05, 0.1) is 26.4 Å². The SMILES string of the molecule is CCCCCCCCCCCCCCCCCCCCC(=O)O[C@H](COC(=O)CCCCCCCCCCCCCCCCCCC)COP(=O)(O)OC[C@@H](O)COP(=O)(O)OC[C@@H](COC(=O)CCCCCCCCCCC)OC(=O)CCCCCCCCCCCCC(C)CC. The molecule has 6 atom stereocenters. The maximum atomic E-state index is 13.1. The van der Waals surface area contributed by atoms with E-state index in [9.17, 15) is 43.2 Å². The van der Waals surface area contributed by atoms with E-state index in [1.165, 1.54) is 244 Å². The van der Waals surface area contributed by atoms with Crippen LogP contribution < -0.4 is 0 Å². The Morgan fingerprint density at radius 2 is 0.490 bits per heavy atom. The summed E-state index contributed by atoms with van der Waals surface area (Å²) in [6, 6.07) is 0. The molecule has 0 aliphatic rings. The number of carbonyl (C=O) groups is 4. The first-order valence-corrected chi connectivity index (χ1v) is 44.2. The smallest absolute Gasteiger partial charge is 0.462 e. The predicted molar refractivity (Wildman–Crippen MR) is 400 cm³/mol. The van der Waals surface area contributed by atoms with Gasteiger partial charge in [0.15, 0.2) is 12.2 Å². The summed E-state index contributed by atoms with van der Waals surface area (Å²) in [6.07, 6.45) is 62.3. The number of unbranched alkanes of at least 4 members (excludes halogenated alkanes) is 50. The summed E-state index contributed by atoms with van der Waals surface area (Å²) >= 11 is 0. The molecular formula is C79H154O17P2. The zero-order valence-corrected chi connectivity index (χ0v) is 65.7. The Morgan fingerprint density at radius 1 is 0.286 bits per heavy atom. The Labute approximate surface area is 600 Å². The molecule has 17 nitrogen and oxygen atoms in total. The summed E-state index contributed by atoms with van der Waals surface area (Å²) < 4.78 is 68.6. The quantitative estimate of drug-likeness (QED) is 0.0222. The second kappa shape index (κ2) is 72.0. The Kier molecular flexibility index (Phi) is 70.6. The number of aliphatic hydroxyl groups is 1. The van der Waals surface area contributed by atoms with E-state index in [2.05, 4.69) is 34.6 Å². The molecule has 0 heterocycles. The molecule has 0 aromatic carbocycles. The highest BCUT2D eigenvalue weighted by molar-refractivity contribution is 7.47. The first-order chi connectivity index (χ1) is 47.6. The normalized spacial score (nSPS) is 14.2. The number of aliphatic hydroxyl groups excluding tert-OH is 1. The molecule has 0 bridgehead atoms. The van der Waals surface area contributed by atoms with Crippen molar-refractivity contribution in [1.29, 1.82) is 0 Å². The lowest BCUT2D eigenvalue weighted by Gasteiger charge is -2.21. The van der Waals surface area contributed by atoms with Crippen molar-refractivity contribution in [2.24, 2.45) is 5.92 Å². The molecule has 3 N–H and O–H groups in total. The summed E-state index contributed by atoms with van der Waals surface area (Å²) in [4.78, 5) is 72.9. The van der Waals surface area contributed by atoms with E-state index in [-0.39, 0.29) is 25.7 Å². The van der Waals surface area contributed by atoms with Gasteiger partial charge in [0.25, 0.3) is 0 Å². The molecule has 0 spiro atoms. The van der Waals surface area contributed by atoms with Crippen LogP contribution in [0.25, 0.3) is 0 Å². The van der Waals surface area contributed by atoms with E-state index >= 15 is 0 Å². The molecular weight excluding hydrogens is 1280 g/mol. The topological polar surface area (TPSA) is 237 Å². The molecule has 0 aromatic heterocycles. The number of esters is 4. The molecule has 19 heteroatoms. The number of hydrogen-bond donors (Lipinski definition) is 3. The summed E-state index contributed by atoms with van der Waals surface area (Å²) in [7, 11) is -9.91. The molecule has 582 valence electrons. The van der Waals surface area contributed by atoms with Crippen LogP contribution in [0.2, 0.25) is 0 Å². The van der Waals surface area contributed by atoms with Gasteiger partial charge in [-0.25, -0.2) is 9.13 Å². The monoisotopic (exact) mass is 1440 g/mol. The van der Waals surface area contributed by atoms with Crippen LogP contribution in [0.15, 0.2) is 0 Å². The maximum absolute atomic E-state index is 13.1. The molecule has 3 unspecified atom stereocenters. The molecule has 0 amide bonds. The third-order valence-electron chi connectivity index (χ3n) is 18.9. The van der Waals surface area contributed by atoms with Gasteiger partial charge in [0.2, 0.25) is 0 Å². The van der Waals surface area contributed by atoms with Crippen LogP contribution in [-0.4, -0.2) is 96.7 Å². The number of hydrogen-bond acceptors (Lipinski definition) is 15. The molecule has 0 aromatic rings. The Bertz CT molecular complexity index is 1880. The van der Waals surface area contributed by atoms with Crippen molar-refractivity contribution in [3.05, 3.63) is 0 Å². The number of rotatable bonds is 79. The highest BCUT2D eigenvalue weighted by Gasteiger charge is 2.30. The van der Waals surface area contributed by atoms with E-state index in [4.69, 9.17) is 37.0 Å². The zero-order chi connectivity index (χ0) is 71.9. The van der Waals surface area contributed by atoms with Gasteiger partial charge in [0.1, 0.15) is 19.3 Å². The molecule has 0 aliphatic carbocycles. The van der Waals surface area contributed by atoms with E-state index in [0.717, 1.165) is 95.8 Å². The van der Waals surface area contributed by atoms with Gasteiger partial charge in [0, 0.05) is 25.7 Å². The van der Waals surface area contributed by atoms with Crippen LogP contribution >= 0.6 is 15.6 Å². The van der Waals surface area contributed by atoms with E-state index in [1.807, 2.05) is 0 Å². The van der Waals surface area contributed by atoms with Crippen molar-refractivity contribution in [2.45, 2.75) is 438 Å². The van der Waals surface area contributed by atoms with Crippen LogP contribution in [0.1, 0.15) is 420 Å². The van der Waals surface area contributed by atoms with Crippen LogP contribution in [0, 0.1) is 5.92 Å². The van der Waals surface area contributed by atoms with E-state index in [1.54, 1.807) is 0 Å². The van der Waals surface area contributed by atoms with Crippen molar-refractivity contribution in [3.8, 4) is 0 Å². The van der Waals surface area contributed by atoms with Crippen LogP contribution in [0.3, 0.4) is 0 Å². The molecule has 98 heavy (non-hydrogen) atoms. The summed E-state index contributed by atoms with van der Waals surface area (Å²) in [6.45, 7) is 7.33. The summed E-state index contributed by atoms with van der Waals surface area (Å²) in [5.74, 6) is -1.31. The van der Waals surface area contributed by atoms with Crippen molar-refractivity contribution in [1.82, 2.24) is 0 Å².